The Morgan fingerprint density at radius 3 is 2.55 bits per heavy atom. The van der Waals surface area contributed by atoms with Gasteiger partial charge in [-0.15, -0.1) is 0 Å². The molecule has 2 N–H and O–H groups in total. The molecule has 6 nitrogen and oxygen atoms in total. The molecule has 122 valence electrons. The number of benzene rings is 1. The number of carboxylic acid groups (broad SMARTS) is 1. The molecule has 0 aromatic heterocycles. The molecule has 0 amide bonds. The van der Waals surface area contributed by atoms with Crippen LogP contribution in [0.3, 0.4) is 0 Å². The molecule has 0 aliphatic heterocycles. The van der Waals surface area contributed by atoms with Crippen molar-refractivity contribution in [2.24, 2.45) is 5.92 Å². The number of ether oxygens (including phenoxy) is 1. The Kier molecular flexibility index (Phi) is 8.57. The third-order valence-electron chi connectivity index (χ3n) is 2.87. The van der Waals surface area contributed by atoms with E-state index in [2.05, 4.69) is 4.89 Å². The van der Waals surface area contributed by atoms with Crippen molar-refractivity contribution in [3.8, 4) is 0 Å². The molecule has 7 heteroatoms. The van der Waals surface area contributed by atoms with Crippen LogP contribution in [0.15, 0.2) is 30.3 Å². The van der Waals surface area contributed by atoms with Crippen LogP contribution in [0, 0.1) is 5.92 Å². The van der Waals surface area contributed by atoms with Crippen molar-refractivity contribution in [1.29, 1.82) is 0 Å². The molecule has 1 aromatic carbocycles. The van der Waals surface area contributed by atoms with E-state index in [1.807, 2.05) is 30.3 Å². The summed E-state index contributed by atoms with van der Waals surface area (Å²) in [6.45, 7) is 1.84. The molecule has 0 aliphatic rings. The van der Waals surface area contributed by atoms with Crippen molar-refractivity contribution < 1.29 is 29.6 Å². The molecule has 0 bridgehead atoms. The predicted molar refractivity (Wildman–Crippen MR) is 82.5 cm³/mol. The van der Waals surface area contributed by atoms with Crippen LogP contribution >= 0.6 is 11.8 Å². The number of carbonyl (C=O) groups excluding carboxylic acids is 1. The lowest BCUT2D eigenvalue weighted by Gasteiger charge is -2.16. The van der Waals surface area contributed by atoms with Gasteiger partial charge in [0, 0.05) is 11.0 Å². The number of rotatable bonds is 10. The fourth-order valence-corrected chi connectivity index (χ4v) is 2.78. The smallest absolute Gasteiger partial charge is 0.309 e. The van der Waals surface area contributed by atoms with Gasteiger partial charge in [0.05, 0.1) is 18.9 Å². The van der Waals surface area contributed by atoms with E-state index in [0.717, 1.165) is 5.56 Å². The summed E-state index contributed by atoms with van der Waals surface area (Å²) in [6.07, 6.45) is -0.142. The SMILES string of the molecule is CC(CSC(COO)CC(=O)O)C(=O)OCc1ccccc1. The minimum absolute atomic E-state index is 0.0945. The largest absolute Gasteiger partial charge is 0.481 e. The second-order valence-corrected chi connectivity index (χ2v) is 6.18. The topological polar surface area (TPSA) is 93.1 Å². The first-order valence-electron chi connectivity index (χ1n) is 6.83. The van der Waals surface area contributed by atoms with Crippen molar-refractivity contribution >= 4 is 23.7 Å². The van der Waals surface area contributed by atoms with Gasteiger partial charge < -0.3 is 9.84 Å². The van der Waals surface area contributed by atoms with Gasteiger partial charge in [-0.2, -0.15) is 11.8 Å². The van der Waals surface area contributed by atoms with Crippen LogP contribution in [0.4, 0.5) is 0 Å². The fourth-order valence-electron chi connectivity index (χ4n) is 1.66. The van der Waals surface area contributed by atoms with Crippen LogP contribution < -0.4 is 0 Å². The molecule has 2 unspecified atom stereocenters. The second-order valence-electron chi connectivity index (χ2n) is 4.84. The first-order chi connectivity index (χ1) is 10.5. The Morgan fingerprint density at radius 1 is 1.27 bits per heavy atom. The zero-order valence-electron chi connectivity index (χ0n) is 12.3. The van der Waals surface area contributed by atoms with Crippen molar-refractivity contribution in [1.82, 2.24) is 0 Å². The summed E-state index contributed by atoms with van der Waals surface area (Å²) < 4.78 is 5.21. The van der Waals surface area contributed by atoms with Crippen molar-refractivity contribution in [3.63, 3.8) is 0 Å². The number of carbonyl (C=O) groups is 2. The van der Waals surface area contributed by atoms with Crippen molar-refractivity contribution in [2.75, 3.05) is 12.4 Å². The summed E-state index contributed by atoms with van der Waals surface area (Å²) in [5.41, 5.74) is 0.910. The molecule has 0 saturated heterocycles. The van der Waals surface area contributed by atoms with Gasteiger partial charge in [-0.25, -0.2) is 4.89 Å². The van der Waals surface area contributed by atoms with Crippen LogP contribution in [0.1, 0.15) is 18.9 Å². The summed E-state index contributed by atoms with van der Waals surface area (Å²) in [5, 5.41) is 16.8. The molecule has 2 atom stereocenters. The highest BCUT2D eigenvalue weighted by Gasteiger charge is 2.20. The number of esters is 1. The van der Waals surface area contributed by atoms with Gasteiger partial charge in [0.2, 0.25) is 0 Å². The molecule has 0 radical (unpaired) electrons. The second kappa shape index (κ2) is 10.2. The minimum atomic E-state index is -0.978. The lowest BCUT2D eigenvalue weighted by molar-refractivity contribution is -0.241. The van der Waals surface area contributed by atoms with Crippen LogP contribution in [-0.2, 0) is 25.8 Å². The normalized spacial score (nSPS) is 13.4. The predicted octanol–water partition coefficient (Wildman–Crippen LogP) is 2.43. The molecule has 1 aromatic rings. The summed E-state index contributed by atoms with van der Waals surface area (Å²) in [6, 6.07) is 9.36. The Bertz CT molecular complexity index is 464. The molecule has 1 rings (SSSR count). The maximum Gasteiger partial charge on any atom is 0.309 e. The summed E-state index contributed by atoms with van der Waals surface area (Å²) in [7, 11) is 0. The Labute approximate surface area is 133 Å². The maximum atomic E-state index is 11.9. The quantitative estimate of drug-likeness (QED) is 0.387. The van der Waals surface area contributed by atoms with E-state index < -0.39 is 11.2 Å². The van der Waals surface area contributed by atoms with Crippen LogP contribution in [0.5, 0.6) is 0 Å². The highest BCUT2D eigenvalue weighted by molar-refractivity contribution is 8.00. The number of aliphatic carboxylic acids is 1. The van der Waals surface area contributed by atoms with Gasteiger partial charge >= 0.3 is 11.9 Å². The van der Waals surface area contributed by atoms with Gasteiger partial charge in [-0.1, -0.05) is 37.3 Å². The maximum absolute atomic E-state index is 11.9. The molecular weight excluding hydrogens is 308 g/mol. The number of hydrogen-bond donors (Lipinski definition) is 2. The summed E-state index contributed by atoms with van der Waals surface area (Å²) in [5.74, 6) is -1.29. The first-order valence-corrected chi connectivity index (χ1v) is 7.88. The van der Waals surface area contributed by atoms with Crippen LogP contribution in [0.25, 0.3) is 0 Å². The summed E-state index contributed by atoms with van der Waals surface area (Å²) >= 11 is 1.27. The lowest BCUT2D eigenvalue weighted by atomic mass is 10.2. The third-order valence-corrected chi connectivity index (χ3v) is 4.34. The fraction of sp³-hybridized carbons (Fsp3) is 0.467. The molecule has 0 saturated carbocycles. The van der Waals surface area contributed by atoms with Gasteiger partial charge in [-0.3, -0.25) is 14.8 Å². The third kappa shape index (κ3) is 7.44. The van der Waals surface area contributed by atoms with E-state index in [0.29, 0.717) is 5.75 Å². The van der Waals surface area contributed by atoms with Crippen molar-refractivity contribution in [3.05, 3.63) is 35.9 Å². The monoisotopic (exact) mass is 328 g/mol. The minimum Gasteiger partial charge on any atom is -0.481 e. The number of carboxylic acids is 1. The first kappa shape index (κ1) is 18.5. The highest BCUT2D eigenvalue weighted by atomic mass is 32.2. The van der Waals surface area contributed by atoms with E-state index in [1.54, 1.807) is 6.92 Å². The van der Waals surface area contributed by atoms with E-state index in [4.69, 9.17) is 15.1 Å². The standard InChI is InChI=1S/C15H20O6S/c1-11(10-22-13(9-21-19)7-14(16)17)15(18)20-8-12-5-3-2-4-6-12/h2-6,11,13,19H,7-10H2,1H3,(H,16,17). The van der Waals surface area contributed by atoms with E-state index in [-0.39, 0.29) is 31.5 Å². The Hall–Kier alpha value is -1.57. The number of thioether (sulfide) groups is 1. The van der Waals surface area contributed by atoms with Crippen LogP contribution in [0.2, 0.25) is 0 Å². The zero-order valence-corrected chi connectivity index (χ0v) is 13.1. The average molecular weight is 328 g/mol. The highest BCUT2D eigenvalue weighted by Crippen LogP contribution is 2.19. The van der Waals surface area contributed by atoms with Crippen molar-refractivity contribution in [2.45, 2.75) is 25.2 Å². The molecule has 0 fully saturated rings. The number of hydrogen-bond acceptors (Lipinski definition) is 6. The van der Waals surface area contributed by atoms with E-state index >= 15 is 0 Å². The molecule has 0 heterocycles. The lowest BCUT2D eigenvalue weighted by Crippen LogP contribution is -2.21. The summed E-state index contributed by atoms with van der Waals surface area (Å²) in [4.78, 5) is 26.6. The molecular formula is C15H20O6S. The molecule has 0 spiro atoms. The van der Waals surface area contributed by atoms with Crippen LogP contribution in [-0.4, -0.2) is 39.9 Å². The Balaban J connectivity index is 2.34. The Morgan fingerprint density at radius 2 is 1.95 bits per heavy atom. The zero-order chi connectivity index (χ0) is 16.4. The van der Waals surface area contributed by atoms with E-state index in [1.165, 1.54) is 11.8 Å². The van der Waals surface area contributed by atoms with Gasteiger partial charge in [0.25, 0.3) is 0 Å². The average Bonchev–Trinajstić information content (AvgIpc) is 2.50. The van der Waals surface area contributed by atoms with E-state index in [9.17, 15) is 9.59 Å². The molecule has 0 aliphatic carbocycles. The van der Waals surface area contributed by atoms with Gasteiger partial charge in [-0.05, 0) is 5.56 Å². The van der Waals surface area contributed by atoms with Gasteiger partial charge in [0.15, 0.2) is 0 Å². The van der Waals surface area contributed by atoms with Gasteiger partial charge in [0.1, 0.15) is 6.61 Å². The molecule has 22 heavy (non-hydrogen) atoms.